The van der Waals surface area contributed by atoms with Crippen LogP contribution < -0.4 is 5.32 Å². The third kappa shape index (κ3) is 2.70. The van der Waals surface area contributed by atoms with Crippen molar-refractivity contribution in [3.8, 4) is 0 Å². The molecule has 1 N–H and O–H groups in total. The summed E-state index contributed by atoms with van der Waals surface area (Å²) in [6.45, 7) is 3.00. The van der Waals surface area contributed by atoms with Gasteiger partial charge in [-0.3, -0.25) is 0 Å². The summed E-state index contributed by atoms with van der Waals surface area (Å²) in [5.74, 6) is 0.694. The second-order valence-electron chi connectivity index (χ2n) is 3.78. The summed E-state index contributed by atoms with van der Waals surface area (Å²) in [5.41, 5.74) is 1.62. The summed E-state index contributed by atoms with van der Waals surface area (Å²) in [6, 6.07) is 8.98. The van der Waals surface area contributed by atoms with Gasteiger partial charge in [0.1, 0.15) is 11.6 Å². The van der Waals surface area contributed by atoms with Crippen molar-refractivity contribution in [2.75, 3.05) is 0 Å². The topological polar surface area (TPSA) is 25.2 Å². The summed E-state index contributed by atoms with van der Waals surface area (Å²) in [6.07, 6.45) is 1.63. The molecule has 0 radical (unpaired) electrons. The first kappa shape index (κ1) is 10.9. The number of benzene rings is 1. The maximum absolute atomic E-state index is 13.5. The van der Waals surface area contributed by atoms with Crippen LogP contribution >= 0.6 is 0 Å². The van der Waals surface area contributed by atoms with Crippen molar-refractivity contribution in [2.45, 2.75) is 20.0 Å². The Morgan fingerprint density at radius 1 is 1.25 bits per heavy atom. The molecule has 0 saturated carbocycles. The number of hydrogen-bond acceptors (Lipinski definition) is 2. The van der Waals surface area contributed by atoms with Gasteiger partial charge in [0.2, 0.25) is 0 Å². The second-order valence-corrected chi connectivity index (χ2v) is 3.78. The number of furan rings is 1. The first-order chi connectivity index (χ1) is 7.75. The number of hydrogen-bond donors (Lipinski definition) is 1. The lowest BCUT2D eigenvalue weighted by Crippen LogP contribution is -2.13. The highest BCUT2D eigenvalue weighted by molar-refractivity contribution is 5.23. The monoisotopic (exact) mass is 219 g/mol. The Bertz CT molecular complexity index is 451. The first-order valence-corrected chi connectivity index (χ1v) is 5.24. The Morgan fingerprint density at radius 2 is 2.12 bits per heavy atom. The van der Waals surface area contributed by atoms with Crippen LogP contribution in [0.1, 0.15) is 16.9 Å². The maximum Gasteiger partial charge on any atom is 0.127 e. The van der Waals surface area contributed by atoms with Crippen molar-refractivity contribution in [1.29, 1.82) is 0 Å². The minimum Gasteiger partial charge on any atom is -0.468 e. The van der Waals surface area contributed by atoms with Gasteiger partial charge in [-0.2, -0.15) is 0 Å². The summed E-state index contributed by atoms with van der Waals surface area (Å²) < 4.78 is 18.6. The third-order valence-electron chi connectivity index (χ3n) is 2.40. The van der Waals surface area contributed by atoms with Crippen LogP contribution in [0.2, 0.25) is 0 Å². The fourth-order valence-electron chi connectivity index (χ4n) is 1.53. The van der Waals surface area contributed by atoms with Gasteiger partial charge >= 0.3 is 0 Å². The normalized spacial score (nSPS) is 10.6. The molecule has 2 nitrogen and oxygen atoms in total. The summed E-state index contributed by atoms with van der Waals surface area (Å²) in [4.78, 5) is 0. The molecule has 0 unspecified atom stereocenters. The molecule has 0 aliphatic rings. The molecule has 2 aromatic rings. The largest absolute Gasteiger partial charge is 0.468 e. The van der Waals surface area contributed by atoms with E-state index in [1.807, 2.05) is 25.1 Å². The molecule has 1 aromatic heterocycles. The number of aryl methyl sites for hydroxylation is 1. The highest BCUT2D eigenvalue weighted by Gasteiger charge is 2.02. The fraction of sp³-hybridized carbons (Fsp3) is 0.231. The van der Waals surface area contributed by atoms with E-state index in [0.29, 0.717) is 18.7 Å². The average molecular weight is 219 g/mol. The smallest absolute Gasteiger partial charge is 0.127 e. The predicted octanol–water partition coefficient (Wildman–Crippen LogP) is 3.02. The van der Waals surface area contributed by atoms with Crippen molar-refractivity contribution in [3.05, 3.63) is 59.3 Å². The Morgan fingerprint density at radius 3 is 2.81 bits per heavy atom. The summed E-state index contributed by atoms with van der Waals surface area (Å²) in [7, 11) is 0. The van der Waals surface area contributed by atoms with Crippen molar-refractivity contribution in [2.24, 2.45) is 0 Å². The maximum atomic E-state index is 13.5. The quantitative estimate of drug-likeness (QED) is 0.855. The minimum absolute atomic E-state index is 0.160. The Balaban J connectivity index is 1.90. The van der Waals surface area contributed by atoms with Gasteiger partial charge in [0.25, 0.3) is 0 Å². The van der Waals surface area contributed by atoms with Gasteiger partial charge in [0.15, 0.2) is 0 Å². The van der Waals surface area contributed by atoms with Crippen LogP contribution in [0.3, 0.4) is 0 Å². The number of nitrogens with one attached hydrogen (secondary N) is 1. The summed E-state index contributed by atoms with van der Waals surface area (Å²) in [5, 5.41) is 3.13. The van der Waals surface area contributed by atoms with E-state index in [9.17, 15) is 4.39 Å². The van der Waals surface area contributed by atoms with Crippen LogP contribution in [0.15, 0.2) is 41.0 Å². The SMILES string of the molecule is Cc1ccc(CNCc2ccco2)c(F)c1. The van der Waals surface area contributed by atoms with Crippen LogP contribution in [-0.4, -0.2) is 0 Å². The minimum atomic E-state index is -0.160. The van der Waals surface area contributed by atoms with Crippen LogP contribution in [0.5, 0.6) is 0 Å². The highest BCUT2D eigenvalue weighted by Crippen LogP contribution is 2.09. The average Bonchev–Trinajstić information content (AvgIpc) is 2.74. The van der Waals surface area contributed by atoms with Crippen LogP contribution in [0.4, 0.5) is 4.39 Å². The molecule has 2 rings (SSSR count). The van der Waals surface area contributed by atoms with Gasteiger partial charge in [-0.15, -0.1) is 0 Å². The molecule has 0 bridgehead atoms. The highest BCUT2D eigenvalue weighted by atomic mass is 19.1. The van der Waals surface area contributed by atoms with Crippen molar-refractivity contribution >= 4 is 0 Å². The zero-order valence-corrected chi connectivity index (χ0v) is 9.16. The molecule has 0 saturated heterocycles. The molecule has 3 heteroatoms. The van der Waals surface area contributed by atoms with Crippen LogP contribution in [0, 0.1) is 12.7 Å². The molecule has 16 heavy (non-hydrogen) atoms. The van der Waals surface area contributed by atoms with Gasteiger partial charge in [0, 0.05) is 12.1 Å². The second kappa shape index (κ2) is 4.94. The predicted molar refractivity (Wildman–Crippen MR) is 60.4 cm³/mol. The molecule has 0 aliphatic heterocycles. The zero-order chi connectivity index (χ0) is 11.4. The molecule has 84 valence electrons. The van der Waals surface area contributed by atoms with Gasteiger partial charge < -0.3 is 9.73 Å². The van der Waals surface area contributed by atoms with Gasteiger partial charge in [-0.05, 0) is 30.7 Å². The molecule has 0 spiro atoms. The molecule has 0 amide bonds. The molecule has 0 aliphatic carbocycles. The number of halogens is 1. The Hall–Kier alpha value is -1.61. The molecule has 0 fully saturated rings. The van der Waals surface area contributed by atoms with E-state index in [0.717, 1.165) is 11.3 Å². The van der Waals surface area contributed by atoms with Crippen molar-refractivity contribution < 1.29 is 8.81 Å². The van der Waals surface area contributed by atoms with E-state index in [1.54, 1.807) is 18.4 Å². The van der Waals surface area contributed by atoms with Crippen LogP contribution in [0.25, 0.3) is 0 Å². The Kier molecular flexibility index (Phi) is 3.37. The van der Waals surface area contributed by atoms with Crippen LogP contribution in [-0.2, 0) is 13.1 Å². The molecular formula is C13H14FNO. The van der Waals surface area contributed by atoms with E-state index < -0.39 is 0 Å². The molecule has 0 atom stereocenters. The van der Waals surface area contributed by atoms with E-state index in [1.165, 1.54) is 0 Å². The van der Waals surface area contributed by atoms with E-state index in [-0.39, 0.29) is 5.82 Å². The lowest BCUT2D eigenvalue weighted by atomic mass is 10.1. The first-order valence-electron chi connectivity index (χ1n) is 5.24. The molecular weight excluding hydrogens is 205 g/mol. The van der Waals surface area contributed by atoms with E-state index in [4.69, 9.17) is 4.42 Å². The van der Waals surface area contributed by atoms with Gasteiger partial charge in [0.05, 0.1) is 12.8 Å². The summed E-state index contributed by atoms with van der Waals surface area (Å²) >= 11 is 0. The van der Waals surface area contributed by atoms with E-state index in [2.05, 4.69) is 5.32 Å². The number of rotatable bonds is 4. The van der Waals surface area contributed by atoms with Crippen molar-refractivity contribution in [3.63, 3.8) is 0 Å². The van der Waals surface area contributed by atoms with Gasteiger partial charge in [-0.1, -0.05) is 12.1 Å². The van der Waals surface area contributed by atoms with Crippen molar-refractivity contribution in [1.82, 2.24) is 5.32 Å². The standard InChI is InChI=1S/C13H14FNO/c1-10-4-5-11(13(14)7-10)8-15-9-12-3-2-6-16-12/h2-7,15H,8-9H2,1H3. The molecule has 1 heterocycles. The third-order valence-corrected chi connectivity index (χ3v) is 2.40. The lowest BCUT2D eigenvalue weighted by molar-refractivity contribution is 0.479. The Labute approximate surface area is 94.1 Å². The molecule has 1 aromatic carbocycles. The lowest BCUT2D eigenvalue weighted by Gasteiger charge is -2.05. The van der Waals surface area contributed by atoms with Gasteiger partial charge in [-0.25, -0.2) is 4.39 Å². The zero-order valence-electron chi connectivity index (χ0n) is 9.16. The fourth-order valence-corrected chi connectivity index (χ4v) is 1.53. The van der Waals surface area contributed by atoms with E-state index >= 15 is 0 Å².